The third-order valence-corrected chi connectivity index (χ3v) is 3.76. The SMILES string of the molecule is CC(C)(C)c1ccc(C#CC2CC2)c(Cl)c1Cl. The Morgan fingerprint density at radius 1 is 1.12 bits per heavy atom. The predicted octanol–water partition coefficient (Wildman–Crippen LogP) is 5.05. The smallest absolute Gasteiger partial charge is 0.0751 e. The second-order valence-corrected chi connectivity index (χ2v) is 6.34. The minimum atomic E-state index is 0.00315. The fourth-order valence-corrected chi connectivity index (χ4v) is 2.29. The van der Waals surface area contributed by atoms with Crippen LogP contribution in [-0.2, 0) is 5.41 Å². The van der Waals surface area contributed by atoms with Crippen LogP contribution in [0, 0.1) is 17.8 Å². The van der Waals surface area contributed by atoms with E-state index in [4.69, 9.17) is 23.2 Å². The third kappa shape index (κ3) is 2.97. The fourth-order valence-electron chi connectivity index (χ4n) is 1.63. The summed E-state index contributed by atoms with van der Waals surface area (Å²) < 4.78 is 0. The molecule has 0 saturated heterocycles. The molecule has 0 N–H and O–H groups in total. The summed E-state index contributed by atoms with van der Waals surface area (Å²) in [5.74, 6) is 6.91. The van der Waals surface area contributed by atoms with Crippen LogP contribution in [0.25, 0.3) is 0 Å². The van der Waals surface area contributed by atoms with Crippen LogP contribution in [0.5, 0.6) is 0 Å². The Morgan fingerprint density at radius 3 is 2.29 bits per heavy atom. The van der Waals surface area contributed by atoms with Crippen LogP contribution in [0.2, 0.25) is 10.0 Å². The molecule has 0 unspecified atom stereocenters. The lowest BCUT2D eigenvalue weighted by molar-refractivity contribution is 0.590. The van der Waals surface area contributed by atoms with Gasteiger partial charge in [0.1, 0.15) is 0 Å². The van der Waals surface area contributed by atoms with Gasteiger partial charge < -0.3 is 0 Å². The number of hydrogen-bond acceptors (Lipinski definition) is 0. The minimum Gasteiger partial charge on any atom is -0.0944 e. The van der Waals surface area contributed by atoms with Crippen LogP contribution in [0.4, 0.5) is 0 Å². The molecule has 1 fully saturated rings. The molecule has 1 saturated carbocycles. The average molecular weight is 267 g/mol. The Balaban J connectivity index is 2.39. The van der Waals surface area contributed by atoms with Gasteiger partial charge in [-0.2, -0.15) is 0 Å². The lowest BCUT2D eigenvalue weighted by atomic mass is 9.86. The molecule has 1 aliphatic rings. The normalized spacial score (nSPS) is 15.4. The first-order valence-electron chi connectivity index (χ1n) is 5.89. The van der Waals surface area contributed by atoms with Crippen LogP contribution in [0.3, 0.4) is 0 Å². The van der Waals surface area contributed by atoms with Gasteiger partial charge in [-0.15, -0.1) is 0 Å². The van der Waals surface area contributed by atoms with E-state index in [1.165, 1.54) is 12.8 Å². The van der Waals surface area contributed by atoms with E-state index in [1.54, 1.807) is 0 Å². The van der Waals surface area contributed by atoms with Crippen molar-refractivity contribution in [3.8, 4) is 11.8 Å². The van der Waals surface area contributed by atoms with Crippen LogP contribution in [-0.4, -0.2) is 0 Å². The first-order valence-corrected chi connectivity index (χ1v) is 6.65. The van der Waals surface area contributed by atoms with Crippen LogP contribution in [0.15, 0.2) is 12.1 Å². The molecule has 0 aromatic heterocycles. The lowest BCUT2D eigenvalue weighted by Crippen LogP contribution is -2.12. The van der Waals surface area contributed by atoms with E-state index >= 15 is 0 Å². The van der Waals surface area contributed by atoms with Gasteiger partial charge in [-0.05, 0) is 29.9 Å². The standard InChI is InChI=1S/C15H16Cl2/c1-15(2,3)12-9-8-11(13(16)14(12)17)7-6-10-4-5-10/h8-10H,4-5H2,1-3H3. The van der Waals surface area contributed by atoms with Gasteiger partial charge in [0.15, 0.2) is 0 Å². The van der Waals surface area contributed by atoms with E-state index < -0.39 is 0 Å². The number of hydrogen-bond donors (Lipinski definition) is 0. The highest BCUT2D eigenvalue weighted by Gasteiger charge is 2.21. The predicted molar refractivity (Wildman–Crippen MR) is 74.8 cm³/mol. The molecule has 2 heteroatoms. The largest absolute Gasteiger partial charge is 0.0944 e. The molecule has 0 bridgehead atoms. The Morgan fingerprint density at radius 2 is 1.76 bits per heavy atom. The monoisotopic (exact) mass is 266 g/mol. The first-order chi connectivity index (χ1) is 7.89. The molecule has 1 aromatic rings. The number of rotatable bonds is 0. The van der Waals surface area contributed by atoms with Crippen molar-refractivity contribution < 1.29 is 0 Å². The molecule has 0 amide bonds. The van der Waals surface area contributed by atoms with Crippen molar-refractivity contribution in [3.05, 3.63) is 33.3 Å². The third-order valence-electron chi connectivity index (χ3n) is 2.88. The molecule has 90 valence electrons. The molecule has 0 aliphatic heterocycles. The van der Waals surface area contributed by atoms with Gasteiger partial charge in [-0.1, -0.05) is 61.9 Å². The van der Waals surface area contributed by atoms with Crippen LogP contribution in [0.1, 0.15) is 44.7 Å². The fraction of sp³-hybridized carbons (Fsp3) is 0.467. The molecule has 0 heterocycles. The van der Waals surface area contributed by atoms with Gasteiger partial charge in [-0.3, -0.25) is 0 Å². The van der Waals surface area contributed by atoms with Crippen molar-refractivity contribution in [3.63, 3.8) is 0 Å². The quantitative estimate of drug-likeness (QED) is 0.577. The van der Waals surface area contributed by atoms with Crippen molar-refractivity contribution in [1.82, 2.24) is 0 Å². The van der Waals surface area contributed by atoms with E-state index in [-0.39, 0.29) is 5.41 Å². The van der Waals surface area contributed by atoms with Crippen molar-refractivity contribution in [2.75, 3.05) is 0 Å². The van der Waals surface area contributed by atoms with Gasteiger partial charge in [0.25, 0.3) is 0 Å². The molecular formula is C15H16Cl2. The summed E-state index contributed by atoms with van der Waals surface area (Å²) in [6.45, 7) is 6.38. The summed E-state index contributed by atoms with van der Waals surface area (Å²) in [5, 5.41) is 1.23. The molecule has 1 aliphatic carbocycles. The van der Waals surface area contributed by atoms with Gasteiger partial charge in [0.2, 0.25) is 0 Å². The van der Waals surface area contributed by atoms with Crippen molar-refractivity contribution in [2.45, 2.75) is 39.0 Å². The number of benzene rings is 1. The summed E-state index contributed by atoms with van der Waals surface area (Å²) >= 11 is 12.6. The van der Waals surface area contributed by atoms with Crippen LogP contribution >= 0.6 is 23.2 Å². The second-order valence-electron chi connectivity index (χ2n) is 5.58. The zero-order chi connectivity index (χ0) is 12.6. The van der Waals surface area contributed by atoms with Gasteiger partial charge in [0.05, 0.1) is 10.0 Å². The van der Waals surface area contributed by atoms with Crippen LogP contribution < -0.4 is 0 Å². The summed E-state index contributed by atoms with van der Waals surface area (Å²) in [6, 6.07) is 4.01. The van der Waals surface area contributed by atoms with E-state index in [0.717, 1.165) is 11.1 Å². The van der Waals surface area contributed by atoms with E-state index in [1.807, 2.05) is 12.1 Å². The summed E-state index contributed by atoms with van der Waals surface area (Å²) in [4.78, 5) is 0. The molecule has 2 rings (SSSR count). The maximum atomic E-state index is 6.31. The second kappa shape index (κ2) is 4.56. The lowest BCUT2D eigenvalue weighted by Gasteiger charge is -2.21. The maximum Gasteiger partial charge on any atom is 0.0751 e. The highest BCUT2D eigenvalue weighted by molar-refractivity contribution is 6.43. The van der Waals surface area contributed by atoms with Gasteiger partial charge in [-0.25, -0.2) is 0 Å². The summed E-state index contributed by atoms with van der Waals surface area (Å²) in [6.07, 6.45) is 2.44. The van der Waals surface area contributed by atoms with Crippen molar-refractivity contribution in [2.24, 2.45) is 5.92 Å². The van der Waals surface area contributed by atoms with E-state index in [0.29, 0.717) is 16.0 Å². The zero-order valence-electron chi connectivity index (χ0n) is 10.4. The van der Waals surface area contributed by atoms with Crippen molar-refractivity contribution >= 4 is 23.2 Å². The Bertz CT molecular complexity index is 494. The molecule has 0 radical (unpaired) electrons. The average Bonchev–Trinajstić information content (AvgIpc) is 3.02. The zero-order valence-corrected chi connectivity index (χ0v) is 11.9. The molecule has 0 spiro atoms. The molecule has 17 heavy (non-hydrogen) atoms. The Kier molecular flexibility index (Phi) is 3.43. The minimum absolute atomic E-state index is 0.00315. The molecule has 1 aromatic carbocycles. The van der Waals surface area contributed by atoms with E-state index in [2.05, 4.69) is 32.6 Å². The van der Waals surface area contributed by atoms with Gasteiger partial charge >= 0.3 is 0 Å². The first kappa shape index (κ1) is 12.8. The highest BCUT2D eigenvalue weighted by Crippen LogP contribution is 2.36. The molecular weight excluding hydrogens is 251 g/mol. The van der Waals surface area contributed by atoms with Crippen molar-refractivity contribution in [1.29, 1.82) is 0 Å². The maximum absolute atomic E-state index is 6.31. The Hall–Kier alpha value is -0.640. The van der Waals surface area contributed by atoms with E-state index in [9.17, 15) is 0 Å². The topological polar surface area (TPSA) is 0 Å². The highest BCUT2D eigenvalue weighted by atomic mass is 35.5. The summed E-state index contributed by atoms with van der Waals surface area (Å²) in [7, 11) is 0. The Labute approximate surface area is 113 Å². The molecule has 0 atom stereocenters. The number of halogens is 2. The van der Waals surface area contributed by atoms with Gasteiger partial charge in [0, 0.05) is 11.5 Å². The molecule has 0 nitrogen and oxygen atoms in total. The summed E-state index contributed by atoms with van der Waals surface area (Å²) in [5.41, 5.74) is 1.92.